The first-order valence-electron chi connectivity index (χ1n) is 14.8. The van der Waals surface area contributed by atoms with E-state index < -0.39 is 0 Å². The van der Waals surface area contributed by atoms with Gasteiger partial charge in [-0.3, -0.25) is 0 Å². The summed E-state index contributed by atoms with van der Waals surface area (Å²) in [6.45, 7) is 0. The molecular formula is C42H27N. The normalized spacial score (nSPS) is 11.7. The fourth-order valence-corrected chi connectivity index (χ4v) is 6.80. The standard InChI is InChI=1S/C42H27N/c1-2-8-28(9-3-1)32-16-17-34-25-35(19-18-33(34)24-32)36-15-14-30-21-23-41-42(39(30)27-36)38-12-6-7-13-40(38)43(41)37-22-20-29-10-4-5-11-31(29)26-37/h1-27H. The molecule has 43 heavy (non-hydrogen) atoms. The smallest absolute Gasteiger partial charge is 0.0547 e. The molecule has 0 aliphatic carbocycles. The van der Waals surface area contributed by atoms with Crippen molar-refractivity contribution in [1.29, 1.82) is 0 Å². The van der Waals surface area contributed by atoms with Crippen LogP contribution in [0.2, 0.25) is 0 Å². The molecule has 0 saturated heterocycles. The van der Waals surface area contributed by atoms with E-state index in [4.69, 9.17) is 0 Å². The van der Waals surface area contributed by atoms with E-state index in [9.17, 15) is 0 Å². The van der Waals surface area contributed by atoms with Gasteiger partial charge in [-0.15, -0.1) is 0 Å². The number of benzene rings is 8. The molecule has 9 rings (SSSR count). The lowest BCUT2D eigenvalue weighted by atomic mass is 9.95. The van der Waals surface area contributed by atoms with Gasteiger partial charge < -0.3 is 4.57 Å². The molecule has 200 valence electrons. The molecule has 0 aliphatic rings. The second kappa shape index (κ2) is 9.44. The largest absolute Gasteiger partial charge is 0.309 e. The SMILES string of the molecule is c1ccc(-c2ccc3cc(-c4ccc5ccc6c(c5c4)c4ccccc4n6-c4ccc5ccccc5c4)ccc3c2)cc1. The van der Waals surface area contributed by atoms with Crippen LogP contribution in [0.3, 0.4) is 0 Å². The van der Waals surface area contributed by atoms with E-state index in [2.05, 4.69) is 168 Å². The van der Waals surface area contributed by atoms with E-state index in [1.807, 2.05) is 0 Å². The monoisotopic (exact) mass is 545 g/mol. The zero-order chi connectivity index (χ0) is 28.3. The highest BCUT2D eigenvalue weighted by atomic mass is 15.0. The maximum Gasteiger partial charge on any atom is 0.0547 e. The Morgan fingerprint density at radius 3 is 1.70 bits per heavy atom. The van der Waals surface area contributed by atoms with E-state index in [1.165, 1.54) is 82.1 Å². The van der Waals surface area contributed by atoms with Gasteiger partial charge in [-0.1, -0.05) is 121 Å². The average Bonchev–Trinajstić information content (AvgIpc) is 3.42. The Hall–Kier alpha value is -5.66. The van der Waals surface area contributed by atoms with E-state index in [0.29, 0.717) is 0 Å². The van der Waals surface area contributed by atoms with Crippen molar-refractivity contribution in [3.8, 4) is 27.9 Å². The number of fused-ring (bicyclic) bond motifs is 7. The number of hydrogen-bond donors (Lipinski definition) is 0. The minimum Gasteiger partial charge on any atom is -0.309 e. The highest BCUT2D eigenvalue weighted by Gasteiger charge is 2.15. The molecule has 0 bridgehead atoms. The van der Waals surface area contributed by atoms with Crippen molar-refractivity contribution in [2.24, 2.45) is 0 Å². The van der Waals surface area contributed by atoms with Crippen molar-refractivity contribution < 1.29 is 0 Å². The number of aromatic nitrogens is 1. The Morgan fingerprint density at radius 1 is 0.302 bits per heavy atom. The Labute approximate surface area is 249 Å². The van der Waals surface area contributed by atoms with Crippen LogP contribution >= 0.6 is 0 Å². The van der Waals surface area contributed by atoms with Crippen LogP contribution in [0.1, 0.15) is 0 Å². The summed E-state index contributed by atoms with van der Waals surface area (Å²) in [7, 11) is 0. The van der Waals surface area contributed by atoms with Crippen LogP contribution < -0.4 is 0 Å². The van der Waals surface area contributed by atoms with Gasteiger partial charge in [-0.2, -0.15) is 0 Å². The fraction of sp³-hybridized carbons (Fsp3) is 0. The van der Waals surface area contributed by atoms with Crippen molar-refractivity contribution in [3.05, 3.63) is 164 Å². The first-order valence-corrected chi connectivity index (χ1v) is 14.8. The van der Waals surface area contributed by atoms with Crippen molar-refractivity contribution in [3.63, 3.8) is 0 Å². The number of para-hydroxylation sites is 1. The number of hydrogen-bond acceptors (Lipinski definition) is 0. The Kier molecular flexibility index (Phi) is 5.27. The molecule has 1 nitrogen and oxygen atoms in total. The van der Waals surface area contributed by atoms with Gasteiger partial charge in [0.15, 0.2) is 0 Å². The molecule has 0 saturated carbocycles. The second-order valence-electron chi connectivity index (χ2n) is 11.4. The molecule has 1 aromatic heterocycles. The lowest BCUT2D eigenvalue weighted by Crippen LogP contribution is -1.93. The quantitative estimate of drug-likeness (QED) is 0.208. The van der Waals surface area contributed by atoms with Crippen molar-refractivity contribution in [1.82, 2.24) is 4.57 Å². The van der Waals surface area contributed by atoms with Gasteiger partial charge in [0.1, 0.15) is 0 Å². The maximum absolute atomic E-state index is 2.42. The van der Waals surface area contributed by atoms with Gasteiger partial charge in [0.25, 0.3) is 0 Å². The van der Waals surface area contributed by atoms with Crippen LogP contribution in [0.5, 0.6) is 0 Å². The van der Waals surface area contributed by atoms with Crippen LogP contribution in [0, 0.1) is 0 Å². The predicted molar refractivity (Wildman–Crippen MR) is 184 cm³/mol. The Balaban J connectivity index is 1.23. The highest BCUT2D eigenvalue weighted by molar-refractivity contribution is 6.22. The third-order valence-corrected chi connectivity index (χ3v) is 8.93. The first kappa shape index (κ1) is 24.0. The molecule has 0 unspecified atom stereocenters. The summed E-state index contributed by atoms with van der Waals surface area (Å²) >= 11 is 0. The lowest BCUT2D eigenvalue weighted by Gasteiger charge is -2.11. The summed E-state index contributed by atoms with van der Waals surface area (Å²) < 4.78 is 2.42. The zero-order valence-corrected chi connectivity index (χ0v) is 23.5. The molecule has 1 heterocycles. The summed E-state index contributed by atoms with van der Waals surface area (Å²) in [5, 5.41) is 10.1. The van der Waals surface area contributed by atoms with E-state index >= 15 is 0 Å². The lowest BCUT2D eigenvalue weighted by molar-refractivity contribution is 1.19. The van der Waals surface area contributed by atoms with Gasteiger partial charge >= 0.3 is 0 Å². The van der Waals surface area contributed by atoms with E-state index in [1.54, 1.807) is 0 Å². The average molecular weight is 546 g/mol. The molecule has 0 atom stereocenters. The predicted octanol–water partition coefficient (Wildman–Crippen LogP) is 11.6. The van der Waals surface area contributed by atoms with E-state index in [-0.39, 0.29) is 0 Å². The third-order valence-electron chi connectivity index (χ3n) is 8.93. The molecule has 1 heteroatoms. The molecule has 9 aromatic rings. The molecule has 0 amide bonds. The van der Waals surface area contributed by atoms with Crippen LogP contribution in [-0.2, 0) is 0 Å². The van der Waals surface area contributed by atoms with E-state index in [0.717, 1.165) is 0 Å². The van der Waals surface area contributed by atoms with Gasteiger partial charge in [0.2, 0.25) is 0 Å². The molecule has 0 fully saturated rings. The summed E-state index contributed by atoms with van der Waals surface area (Å²) in [6.07, 6.45) is 0. The van der Waals surface area contributed by atoms with Crippen molar-refractivity contribution in [2.45, 2.75) is 0 Å². The Morgan fingerprint density at radius 2 is 0.884 bits per heavy atom. The van der Waals surface area contributed by atoms with Crippen LogP contribution in [0.15, 0.2) is 164 Å². The molecule has 0 spiro atoms. The summed E-state index contributed by atoms with van der Waals surface area (Å²) in [4.78, 5) is 0. The zero-order valence-electron chi connectivity index (χ0n) is 23.5. The maximum atomic E-state index is 2.42. The van der Waals surface area contributed by atoms with Gasteiger partial charge in [0, 0.05) is 16.5 Å². The van der Waals surface area contributed by atoms with Gasteiger partial charge in [-0.25, -0.2) is 0 Å². The molecule has 0 radical (unpaired) electrons. The molecule has 8 aromatic carbocycles. The molecule has 0 aliphatic heterocycles. The van der Waals surface area contributed by atoms with Crippen molar-refractivity contribution >= 4 is 54.1 Å². The van der Waals surface area contributed by atoms with Gasteiger partial charge in [0.05, 0.1) is 11.0 Å². The van der Waals surface area contributed by atoms with Crippen LogP contribution in [0.4, 0.5) is 0 Å². The fourth-order valence-electron chi connectivity index (χ4n) is 6.80. The van der Waals surface area contributed by atoms with Crippen LogP contribution in [0.25, 0.3) is 82.1 Å². The highest BCUT2D eigenvalue weighted by Crippen LogP contribution is 2.39. The van der Waals surface area contributed by atoms with Crippen molar-refractivity contribution in [2.75, 3.05) is 0 Å². The second-order valence-corrected chi connectivity index (χ2v) is 11.4. The first-order chi connectivity index (χ1) is 21.3. The molecular weight excluding hydrogens is 518 g/mol. The van der Waals surface area contributed by atoms with Crippen LogP contribution in [-0.4, -0.2) is 4.57 Å². The minimum absolute atomic E-state index is 1.19. The number of rotatable bonds is 3. The third kappa shape index (κ3) is 3.86. The summed E-state index contributed by atoms with van der Waals surface area (Å²) in [5.41, 5.74) is 8.60. The molecule has 0 N–H and O–H groups in total. The minimum atomic E-state index is 1.19. The van der Waals surface area contributed by atoms with Gasteiger partial charge in [-0.05, 0) is 97.0 Å². The summed E-state index contributed by atoms with van der Waals surface area (Å²) in [6, 6.07) is 59.8. The number of nitrogens with zero attached hydrogens (tertiary/aromatic N) is 1. The summed E-state index contributed by atoms with van der Waals surface area (Å²) in [5.74, 6) is 0. The topological polar surface area (TPSA) is 4.93 Å². The Bertz CT molecular complexity index is 2500.